The third-order valence-electron chi connectivity index (χ3n) is 3.46. The van der Waals surface area contributed by atoms with Crippen molar-refractivity contribution in [1.29, 1.82) is 0 Å². The first-order valence-corrected chi connectivity index (χ1v) is 7.42. The number of piperidine rings is 1. The van der Waals surface area contributed by atoms with Gasteiger partial charge in [0.1, 0.15) is 0 Å². The molecule has 1 aliphatic rings. The summed E-state index contributed by atoms with van der Waals surface area (Å²) >= 11 is 0. The van der Waals surface area contributed by atoms with E-state index >= 15 is 0 Å². The van der Waals surface area contributed by atoms with E-state index in [1.54, 1.807) is 0 Å². The number of rotatable bonds is 5. The minimum absolute atomic E-state index is 0.235. The van der Waals surface area contributed by atoms with Crippen LogP contribution in [0.5, 0.6) is 0 Å². The lowest BCUT2D eigenvalue weighted by Crippen LogP contribution is -2.46. The van der Waals surface area contributed by atoms with E-state index in [-0.39, 0.29) is 5.92 Å². The van der Waals surface area contributed by atoms with Gasteiger partial charge < -0.3 is 10.2 Å². The van der Waals surface area contributed by atoms with Crippen molar-refractivity contribution in [2.45, 2.75) is 53.5 Å². The molecule has 1 heterocycles. The Bertz CT molecular complexity index is 253. The Morgan fingerprint density at radius 1 is 1.22 bits per heavy atom. The van der Waals surface area contributed by atoms with Crippen molar-refractivity contribution in [3.63, 3.8) is 0 Å². The zero-order valence-corrected chi connectivity index (χ0v) is 12.7. The molecule has 0 aromatic carbocycles. The van der Waals surface area contributed by atoms with Crippen molar-refractivity contribution >= 4 is 5.91 Å². The Hall–Kier alpha value is -0.570. The topological polar surface area (TPSA) is 32.3 Å². The minimum Gasteiger partial charge on any atom is -0.342 e. The summed E-state index contributed by atoms with van der Waals surface area (Å²) in [6.07, 6.45) is 1.99. The Morgan fingerprint density at radius 3 is 2.22 bits per heavy atom. The average Bonchev–Trinajstić information content (AvgIpc) is 2.26. The van der Waals surface area contributed by atoms with Gasteiger partial charge in [-0.2, -0.15) is 0 Å². The van der Waals surface area contributed by atoms with E-state index in [9.17, 15) is 4.79 Å². The normalized spacial score (nSPS) is 24.6. The first-order chi connectivity index (χ1) is 8.40. The third kappa shape index (κ3) is 4.97. The van der Waals surface area contributed by atoms with E-state index < -0.39 is 0 Å². The second-order valence-corrected chi connectivity index (χ2v) is 6.61. The van der Waals surface area contributed by atoms with E-state index in [1.807, 2.05) is 0 Å². The van der Waals surface area contributed by atoms with Gasteiger partial charge in [0, 0.05) is 25.0 Å². The highest BCUT2D eigenvalue weighted by Crippen LogP contribution is 2.20. The van der Waals surface area contributed by atoms with Crippen LogP contribution in [-0.2, 0) is 4.79 Å². The summed E-state index contributed by atoms with van der Waals surface area (Å²) in [6, 6.07) is 0.479. The maximum absolute atomic E-state index is 12.6. The lowest BCUT2D eigenvalue weighted by molar-refractivity contribution is -0.137. The minimum atomic E-state index is 0.235. The zero-order chi connectivity index (χ0) is 13.7. The van der Waals surface area contributed by atoms with Crippen LogP contribution in [0.1, 0.15) is 47.5 Å². The molecule has 0 bridgehead atoms. The number of amides is 1. The van der Waals surface area contributed by atoms with Crippen LogP contribution in [0.2, 0.25) is 0 Å². The molecule has 1 fully saturated rings. The molecule has 0 saturated carbocycles. The molecular weight excluding hydrogens is 224 g/mol. The fraction of sp³-hybridized carbons (Fsp3) is 0.933. The summed E-state index contributed by atoms with van der Waals surface area (Å²) in [5, 5.41) is 3.42. The standard InChI is InChI=1S/C15H30N2O/c1-11(2)9-17(10-12(3)4)15(18)14-6-7-16-13(5)8-14/h11-14,16H,6-10H2,1-5H3/t13-,14-/m0/s1. The molecule has 0 radical (unpaired) electrons. The first-order valence-electron chi connectivity index (χ1n) is 7.42. The van der Waals surface area contributed by atoms with Gasteiger partial charge >= 0.3 is 0 Å². The SMILES string of the molecule is CC(C)CN(CC(C)C)C(=O)[C@H]1CCN[C@@H](C)C1. The molecule has 0 spiro atoms. The summed E-state index contributed by atoms with van der Waals surface area (Å²) < 4.78 is 0. The Kier molecular flexibility index (Phi) is 6.13. The fourth-order valence-corrected chi connectivity index (χ4v) is 2.75. The van der Waals surface area contributed by atoms with Crippen LogP contribution in [0.4, 0.5) is 0 Å². The van der Waals surface area contributed by atoms with Crippen molar-refractivity contribution in [3.05, 3.63) is 0 Å². The first kappa shape index (κ1) is 15.5. The summed E-state index contributed by atoms with van der Waals surface area (Å²) in [7, 11) is 0. The second-order valence-electron chi connectivity index (χ2n) is 6.61. The van der Waals surface area contributed by atoms with Crippen molar-refractivity contribution in [3.8, 4) is 0 Å². The molecule has 1 N–H and O–H groups in total. The van der Waals surface area contributed by atoms with Gasteiger partial charge in [-0.05, 0) is 38.1 Å². The van der Waals surface area contributed by atoms with E-state index in [0.717, 1.165) is 32.5 Å². The van der Waals surface area contributed by atoms with Crippen LogP contribution in [0.25, 0.3) is 0 Å². The number of nitrogens with zero attached hydrogens (tertiary/aromatic N) is 1. The highest BCUT2D eigenvalue weighted by Gasteiger charge is 2.28. The molecule has 2 atom stereocenters. The van der Waals surface area contributed by atoms with Crippen LogP contribution < -0.4 is 5.32 Å². The number of hydrogen-bond donors (Lipinski definition) is 1. The monoisotopic (exact) mass is 254 g/mol. The maximum Gasteiger partial charge on any atom is 0.225 e. The molecule has 1 aliphatic heterocycles. The molecule has 106 valence electrons. The molecule has 1 amide bonds. The van der Waals surface area contributed by atoms with Crippen LogP contribution >= 0.6 is 0 Å². The lowest BCUT2D eigenvalue weighted by atomic mass is 9.91. The summed E-state index contributed by atoms with van der Waals surface area (Å²) in [5.74, 6) is 1.71. The molecule has 3 nitrogen and oxygen atoms in total. The number of carbonyl (C=O) groups is 1. The molecule has 1 saturated heterocycles. The van der Waals surface area contributed by atoms with Crippen LogP contribution in [0.3, 0.4) is 0 Å². The number of nitrogens with one attached hydrogen (secondary N) is 1. The highest BCUT2D eigenvalue weighted by atomic mass is 16.2. The van der Waals surface area contributed by atoms with Gasteiger partial charge in [-0.25, -0.2) is 0 Å². The Morgan fingerprint density at radius 2 is 1.78 bits per heavy atom. The smallest absolute Gasteiger partial charge is 0.225 e. The summed E-state index contributed by atoms with van der Waals surface area (Å²) in [4.78, 5) is 14.7. The Labute approximate surface area is 112 Å². The van der Waals surface area contributed by atoms with E-state index in [1.165, 1.54) is 0 Å². The second kappa shape index (κ2) is 7.13. The van der Waals surface area contributed by atoms with Crippen LogP contribution in [0.15, 0.2) is 0 Å². The van der Waals surface area contributed by atoms with Crippen molar-refractivity contribution in [2.75, 3.05) is 19.6 Å². The Balaban J connectivity index is 2.62. The van der Waals surface area contributed by atoms with Crippen molar-refractivity contribution in [2.24, 2.45) is 17.8 Å². The van der Waals surface area contributed by atoms with Gasteiger partial charge in [-0.15, -0.1) is 0 Å². The summed E-state index contributed by atoms with van der Waals surface area (Å²) in [5.41, 5.74) is 0. The average molecular weight is 254 g/mol. The highest BCUT2D eigenvalue weighted by molar-refractivity contribution is 5.79. The lowest BCUT2D eigenvalue weighted by Gasteiger charge is -2.34. The van der Waals surface area contributed by atoms with Gasteiger partial charge in [0.25, 0.3) is 0 Å². The maximum atomic E-state index is 12.6. The van der Waals surface area contributed by atoms with Crippen molar-refractivity contribution < 1.29 is 4.79 Å². The molecule has 3 heteroatoms. The van der Waals surface area contributed by atoms with Gasteiger partial charge in [-0.3, -0.25) is 4.79 Å². The number of hydrogen-bond acceptors (Lipinski definition) is 2. The van der Waals surface area contributed by atoms with Crippen LogP contribution in [-0.4, -0.2) is 36.5 Å². The molecular formula is C15H30N2O. The summed E-state index contributed by atoms with van der Waals surface area (Å²) in [6.45, 7) is 13.7. The largest absolute Gasteiger partial charge is 0.342 e. The molecule has 0 aromatic heterocycles. The quantitative estimate of drug-likeness (QED) is 0.817. The predicted molar refractivity (Wildman–Crippen MR) is 76.4 cm³/mol. The zero-order valence-electron chi connectivity index (χ0n) is 12.7. The van der Waals surface area contributed by atoms with Crippen LogP contribution in [0, 0.1) is 17.8 Å². The van der Waals surface area contributed by atoms with Gasteiger partial charge in [0.05, 0.1) is 0 Å². The third-order valence-corrected chi connectivity index (χ3v) is 3.46. The molecule has 1 rings (SSSR count). The molecule has 0 unspecified atom stereocenters. The van der Waals surface area contributed by atoms with Gasteiger partial charge in [0.2, 0.25) is 5.91 Å². The fourth-order valence-electron chi connectivity index (χ4n) is 2.75. The van der Waals surface area contributed by atoms with E-state index in [2.05, 4.69) is 44.8 Å². The molecule has 0 aliphatic carbocycles. The van der Waals surface area contributed by atoms with E-state index in [4.69, 9.17) is 0 Å². The molecule has 18 heavy (non-hydrogen) atoms. The predicted octanol–water partition coefficient (Wildman–Crippen LogP) is 2.52. The number of carbonyl (C=O) groups excluding carboxylic acids is 1. The van der Waals surface area contributed by atoms with E-state index in [0.29, 0.717) is 23.8 Å². The van der Waals surface area contributed by atoms with Crippen molar-refractivity contribution in [1.82, 2.24) is 10.2 Å². The molecule has 0 aromatic rings. The van der Waals surface area contributed by atoms with Gasteiger partial charge in [0.15, 0.2) is 0 Å². The van der Waals surface area contributed by atoms with Gasteiger partial charge in [-0.1, -0.05) is 27.7 Å².